The quantitative estimate of drug-likeness (QED) is 0.509. The monoisotopic (exact) mass is 124 g/mol. The van der Waals surface area contributed by atoms with Gasteiger partial charge in [0.25, 0.3) is 0 Å². The van der Waals surface area contributed by atoms with E-state index in [2.05, 4.69) is 16.6 Å². The summed E-state index contributed by atoms with van der Waals surface area (Å²) in [6.45, 7) is 0. The fraction of sp³-hybridized carbons (Fsp3) is 0.429. The minimum Gasteiger partial charge on any atom is -0.377 e. The summed E-state index contributed by atoms with van der Waals surface area (Å²) in [5.41, 5.74) is 0. The standard InChI is InChI=1S/C7H8O2/c1-4-6(8)7(5-2)9-3/h1-2,6-8H,3H3/t6-,7+/m1/s1. The van der Waals surface area contributed by atoms with Crippen LogP contribution in [0.5, 0.6) is 0 Å². The van der Waals surface area contributed by atoms with Gasteiger partial charge in [0.1, 0.15) is 0 Å². The molecule has 1 N–H and O–H groups in total. The third kappa shape index (κ3) is 2.19. The molecule has 0 aromatic rings. The molecule has 0 saturated carbocycles. The topological polar surface area (TPSA) is 29.5 Å². The maximum Gasteiger partial charge on any atom is 0.154 e. The third-order valence-electron chi connectivity index (χ3n) is 0.876. The Bertz CT molecular complexity index is 149. The minimum atomic E-state index is -1.00. The molecule has 0 aromatic heterocycles. The van der Waals surface area contributed by atoms with Crippen molar-refractivity contribution in [1.29, 1.82) is 0 Å². The van der Waals surface area contributed by atoms with Crippen molar-refractivity contribution in [2.75, 3.05) is 7.11 Å². The van der Waals surface area contributed by atoms with Crippen molar-refractivity contribution in [3.63, 3.8) is 0 Å². The number of terminal acetylenes is 2. The molecule has 0 saturated heterocycles. The molecule has 0 unspecified atom stereocenters. The molecular formula is C7H8O2. The Morgan fingerprint density at radius 2 is 2.00 bits per heavy atom. The molecule has 0 aromatic carbocycles. The Morgan fingerprint density at radius 3 is 2.11 bits per heavy atom. The van der Waals surface area contributed by atoms with E-state index >= 15 is 0 Å². The normalized spacial score (nSPS) is 15.1. The SMILES string of the molecule is C#C[C@@H](O)[C@H](C#C)OC. The van der Waals surface area contributed by atoms with E-state index in [1.54, 1.807) is 0 Å². The molecule has 0 amide bonds. The van der Waals surface area contributed by atoms with Crippen LogP contribution in [0.25, 0.3) is 0 Å². The van der Waals surface area contributed by atoms with Gasteiger partial charge in [-0.2, -0.15) is 0 Å². The van der Waals surface area contributed by atoms with Crippen molar-refractivity contribution >= 4 is 0 Å². The molecular weight excluding hydrogens is 116 g/mol. The number of methoxy groups -OCH3 is 1. The average Bonchev–Trinajstić information content (AvgIpc) is 1.90. The van der Waals surface area contributed by atoms with E-state index in [4.69, 9.17) is 18.0 Å². The molecule has 2 atom stereocenters. The second-order valence-electron chi connectivity index (χ2n) is 1.43. The van der Waals surface area contributed by atoms with Crippen LogP contribution in [0.3, 0.4) is 0 Å². The van der Waals surface area contributed by atoms with Crippen LogP contribution in [0.2, 0.25) is 0 Å². The van der Waals surface area contributed by atoms with E-state index in [9.17, 15) is 0 Å². The van der Waals surface area contributed by atoms with Crippen LogP contribution in [0, 0.1) is 24.7 Å². The number of rotatable bonds is 2. The van der Waals surface area contributed by atoms with E-state index in [-0.39, 0.29) is 0 Å². The van der Waals surface area contributed by atoms with Crippen molar-refractivity contribution in [2.45, 2.75) is 12.2 Å². The lowest BCUT2D eigenvalue weighted by Crippen LogP contribution is -2.24. The van der Waals surface area contributed by atoms with E-state index < -0.39 is 12.2 Å². The summed E-state index contributed by atoms with van der Waals surface area (Å²) >= 11 is 0. The average molecular weight is 124 g/mol. The molecule has 0 rings (SSSR count). The second kappa shape index (κ2) is 3.97. The first-order chi connectivity index (χ1) is 4.26. The summed E-state index contributed by atoms with van der Waals surface area (Å²) < 4.78 is 4.62. The van der Waals surface area contributed by atoms with Gasteiger partial charge in [-0.1, -0.05) is 11.8 Å². The van der Waals surface area contributed by atoms with Crippen LogP contribution in [-0.2, 0) is 4.74 Å². The zero-order chi connectivity index (χ0) is 7.28. The van der Waals surface area contributed by atoms with Crippen LogP contribution < -0.4 is 0 Å². The lowest BCUT2D eigenvalue weighted by molar-refractivity contribution is 0.0540. The summed E-state index contributed by atoms with van der Waals surface area (Å²) in [4.78, 5) is 0. The predicted molar refractivity (Wildman–Crippen MR) is 34.5 cm³/mol. The highest BCUT2D eigenvalue weighted by molar-refractivity contribution is 5.09. The van der Waals surface area contributed by atoms with Gasteiger partial charge in [-0.15, -0.1) is 12.8 Å². The van der Waals surface area contributed by atoms with Gasteiger partial charge in [-0.05, 0) is 0 Å². The zero-order valence-corrected chi connectivity index (χ0v) is 5.16. The van der Waals surface area contributed by atoms with Gasteiger partial charge in [0, 0.05) is 7.11 Å². The van der Waals surface area contributed by atoms with Crippen molar-refractivity contribution in [1.82, 2.24) is 0 Å². The van der Waals surface area contributed by atoms with Gasteiger partial charge in [0.05, 0.1) is 0 Å². The Balaban J connectivity index is 3.87. The summed E-state index contributed by atoms with van der Waals surface area (Å²) in [6.07, 6.45) is 8.09. The molecule has 0 bridgehead atoms. The van der Waals surface area contributed by atoms with E-state index in [1.165, 1.54) is 7.11 Å². The van der Waals surface area contributed by atoms with Gasteiger partial charge in [-0.3, -0.25) is 0 Å². The van der Waals surface area contributed by atoms with Crippen LogP contribution in [-0.4, -0.2) is 24.4 Å². The zero-order valence-electron chi connectivity index (χ0n) is 5.16. The van der Waals surface area contributed by atoms with Crippen molar-refractivity contribution in [3.8, 4) is 24.7 Å². The summed E-state index contributed by atoms with van der Waals surface area (Å²) in [6, 6.07) is 0. The van der Waals surface area contributed by atoms with Gasteiger partial charge in [0.2, 0.25) is 0 Å². The van der Waals surface area contributed by atoms with Crippen molar-refractivity contribution in [3.05, 3.63) is 0 Å². The molecule has 2 heteroatoms. The Morgan fingerprint density at radius 1 is 1.44 bits per heavy atom. The fourth-order valence-electron chi connectivity index (χ4n) is 0.375. The first-order valence-electron chi connectivity index (χ1n) is 2.39. The second-order valence-corrected chi connectivity index (χ2v) is 1.43. The Labute approximate surface area is 54.8 Å². The highest BCUT2D eigenvalue weighted by Gasteiger charge is 2.11. The molecule has 0 fully saturated rings. The van der Waals surface area contributed by atoms with Gasteiger partial charge >= 0.3 is 0 Å². The van der Waals surface area contributed by atoms with Gasteiger partial charge < -0.3 is 9.84 Å². The number of ether oxygens (including phenoxy) is 1. The molecule has 0 spiro atoms. The molecule has 0 heterocycles. The van der Waals surface area contributed by atoms with E-state index in [1.807, 2.05) is 0 Å². The smallest absolute Gasteiger partial charge is 0.154 e. The predicted octanol–water partition coefficient (Wildman–Crippen LogP) is -0.371. The Kier molecular flexibility index (Phi) is 3.55. The highest BCUT2D eigenvalue weighted by atomic mass is 16.5. The van der Waals surface area contributed by atoms with E-state index in [0.29, 0.717) is 0 Å². The number of hydrogen-bond donors (Lipinski definition) is 1. The summed E-state index contributed by atoms with van der Waals surface area (Å²) in [5, 5.41) is 8.81. The largest absolute Gasteiger partial charge is 0.377 e. The van der Waals surface area contributed by atoms with Crippen LogP contribution in [0.1, 0.15) is 0 Å². The lowest BCUT2D eigenvalue weighted by Gasteiger charge is -2.09. The molecule has 9 heavy (non-hydrogen) atoms. The van der Waals surface area contributed by atoms with Crippen molar-refractivity contribution < 1.29 is 9.84 Å². The molecule has 2 nitrogen and oxygen atoms in total. The van der Waals surface area contributed by atoms with Gasteiger partial charge in [0.15, 0.2) is 12.2 Å². The fourth-order valence-corrected chi connectivity index (χ4v) is 0.375. The third-order valence-corrected chi connectivity index (χ3v) is 0.876. The summed E-state index contributed by atoms with van der Waals surface area (Å²) in [7, 11) is 1.39. The molecule has 0 aliphatic carbocycles. The van der Waals surface area contributed by atoms with Crippen LogP contribution in [0.4, 0.5) is 0 Å². The molecule has 0 radical (unpaired) electrons. The molecule has 0 aliphatic rings. The molecule has 0 aliphatic heterocycles. The Hall–Kier alpha value is -0.960. The first-order valence-corrected chi connectivity index (χ1v) is 2.39. The van der Waals surface area contributed by atoms with Crippen LogP contribution >= 0.6 is 0 Å². The first kappa shape index (κ1) is 8.04. The molecule has 48 valence electrons. The maximum atomic E-state index is 8.81. The number of hydrogen-bond acceptors (Lipinski definition) is 2. The van der Waals surface area contributed by atoms with E-state index in [0.717, 1.165) is 0 Å². The van der Waals surface area contributed by atoms with Crippen LogP contribution in [0.15, 0.2) is 0 Å². The highest BCUT2D eigenvalue weighted by Crippen LogP contribution is 1.93. The number of aliphatic hydroxyl groups is 1. The number of aliphatic hydroxyl groups excluding tert-OH is 1. The minimum absolute atomic E-state index is 0.685. The van der Waals surface area contributed by atoms with Crippen molar-refractivity contribution in [2.24, 2.45) is 0 Å². The van der Waals surface area contributed by atoms with Gasteiger partial charge in [-0.25, -0.2) is 0 Å². The lowest BCUT2D eigenvalue weighted by atomic mass is 10.2. The summed E-state index contributed by atoms with van der Waals surface area (Å²) in [5.74, 6) is 4.24. The maximum absolute atomic E-state index is 8.81.